The first-order valence-electron chi connectivity index (χ1n) is 14.5. The second-order valence-corrected chi connectivity index (χ2v) is 12.1. The summed E-state index contributed by atoms with van der Waals surface area (Å²) in [5.41, 5.74) is 5.31. The van der Waals surface area contributed by atoms with Gasteiger partial charge in [-0.3, -0.25) is 0 Å². The van der Waals surface area contributed by atoms with Crippen LogP contribution >= 0.6 is 11.6 Å². The van der Waals surface area contributed by atoms with Crippen molar-refractivity contribution < 1.29 is 27.4 Å². The summed E-state index contributed by atoms with van der Waals surface area (Å²) in [5.74, 6) is 1.36. The van der Waals surface area contributed by atoms with Gasteiger partial charge in [0.2, 0.25) is 0 Å². The van der Waals surface area contributed by atoms with Crippen LogP contribution in [0.4, 0.5) is 24.8 Å². The molecule has 3 aromatic rings. The van der Waals surface area contributed by atoms with E-state index >= 15 is 0 Å². The third-order valence-electron chi connectivity index (χ3n) is 6.88. The number of nitrogens with zero attached hydrogens (tertiary/aromatic N) is 4. The lowest BCUT2D eigenvalue weighted by molar-refractivity contribution is -0.139. The lowest BCUT2D eigenvalue weighted by Gasteiger charge is -2.27. The quantitative estimate of drug-likeness (QED) is 0.233. The monoisotopic (exact) mass is 637 g/mol. The molecule has 0 bridgehead atoms. The summed E-state index contributed by atoms with van der Waals surface area (Å²) < 4.78 is 57.3. The van der Waals surface area contributed by atoms with Gasteiger partial charge < -0.3 is 30.6 Å². The minimum atomic E-state index is -4.58. The van der Waals surface area contributed by atoms with Crippen molar-refractivity contribution in [1.82, 2.24) is 19.9 Å². The van der Waals surface area contributed by atoms with Gasteiger partial charge in [0, 0.05) is 36.4 Å². The highest BCUT2D eigenvalue weighted by atomic mass is 35.5. The molecule has 5 rings (SSSR count). The van der Waals surface area contributed by atoms with Gasteiger partial charge >= 0.3 is 6.18 Å². The van der Waals surface area contributed by atoms with E-state index < -0.39 is 17.3 Å². The van der Waals surface area contributed by atoms with Gasteiger partial charge in [-0.15, -0.1) is 0 Å². The Kier molecular flexibility index (Phi) is 11.6. The van der Waals surface area contributed by atoms with E-state index in [9.17, 15) is 13.2 Å². The van der Waals surface area contributed by atoms with E-state index in [1.54, 1.807) is 25.1 Å². The van der Waals surface area contributed by atoms with E-state index in [2.05, 4.69) is 30.6 Å². The number of benzene rings is 1. The predicted molar refractivity (Wildman–Crippen MR) is 163 cm³/mol. The standard InChI is InChI=1S/C22H29F3N4O2.C8H10ClN3O/c1-14(2)10-21(3,26)12-31-19-5-4-15(8-17(19)22(23,24)25)18-9-20(28-13-27-18)29-16-6-7-30-11-16;9-7-3-8(11-5-10-7)12-6-1-2-13-4-6/h4-5,8-9,13-14,16H,6-7,10-12,26H2,1-3H3,(H,27,28,29);3,5-6H,1-2,4H2,(H,10,11,12)/t16?,21-;/m0./s1. The largest absolute Gasteiger partial charge is 0.491 e. The molecule has 0 amide bonds. The SMILES string of the molecule is CC(C)C[C@](C)(N)COc1ccc(-c2cc(NC3CCOC3)ncn2)cc1C(F)(F)F.Clc1cc(NC2CCOC2)ncn1. The number of hydrogen-bond donors (Lipinski definition) is 3. The van der Waals surface area contributed by atoms with Crippen LogP contribution in [0.2, 0.25) is 5.15 Å². The van der Waals surface area contributed by atoms with Crippen LogP contribution in [-0.2, 0) is 15.7 Å². The molecule has 3 atom stereocenters. The molecule has 4 N–H and O–H groups in total. The van der Waals surface area contributed by atoms with Crippen LogP contribution in [0.15, 0.2) is 43.0 Å². The van der Waals surface area contributed by atoms with Crippen molar-refractivity contribution in [3.8, 4) is 17.0 Å². The second-order valence-electron chi connectivity index (χ2n) is 11.7. The molecule has 0 saturated carbocycles. The summed E-state index contributed by atoms with van der Waals surface area (Å²) in [4.78, 5) is 16.1. The summed E-state index contributed by atoms with van der Waals surface area (Å²) in [5, 5.41) is 6.90. The Balaban J connectivity index is 0.000000281. The average molecular weight is 638 g/mol. The van der Waals surface area contributed by atoms with Gasteiger partial charge in [0.05, 0.1) is 36.6 Å². The van der Waals surface area contributed by atoms with Gasteiger partial charge in [-0.25, -0.2) is 19.9 Å². The predicted octanol–water partition coefficient (Wildman–Crippen LogP) is 5.84. The zero-order valence-electron chi connectivity index (χ0n) is 25.0. The van der Waals surface area contributed by atoms with Crippen LogP contribution in [0.1, 0.15) is 45.6 Å². The van der Waals surface area contributed by atoms with Crippen LogP contribution in [0.25, 0.3) is 11.3 Å². The first-order chi connectivity index (χ1) is 20.9. The lowest BCUT2D eigenvalue weighted by atomic mass is 9.93. The van der Waals surface area contributed by atoms with Crippen LogP contribution in [-0.4, -0.2) is 70.6 Å². The number of hydrogen-bond acceptors (Lipinski definition) is 10. The fraction of sp³-hybridized carbons (Fsp3) is 0.533. The minimum absolute atomic E-state index is 0.0152. The van der Waals surface area contributed by atoms with Crippen molar-refractivity contribution >= 4 is 23.2 Å². The Morgan fingerprint density at radius 2 is 1.57 bits per heavy atom. The fourth-order valence-electron chi connectivity index (χ4n) is 4.99. The molecule has 2 aliphatic heterocycles. The minimum Gasteiger partial charge on any atom is -0.491 e. The molecule has 2 fully saturated rings. The molecule has 240 valence electrons. The topological polar surface area (TPSA) is 129 Å². The highest BCUT2D eigenvalue weighted by molar-refractivity contribution is 6.29. The van der Waals surface area contributed by atoms with Crippen LogP contribution in [0.5, 0.6) is 5.75 Å². The highest BCUT2D eigenvalue weighted by Crippen LogP contribution is 2.39. The third-order valence-corrected chi connectivity index (χ3v) is 7.08. The van der Waals surface area contributed by atoms with Crippen molar-refractivity contribution in [2.45, 2.75) is 63.8 Å². The van der Waals surface area contributed by atoms with Crippen LogP contribution in [0, 0.1) is 5.92 Å². The number of ether oxygens (including phenoxy) is 3. The molecule has 0 spiro atoms. The van der Waals surface area contributed by atoms with E-state index in [-0.39, 0.29) is 18.4 Å². The summed E-state index contributed by atoms with van der Waals surface area (Å²) >= 11 is 5.71. The van der Waals surface area contributed by atoms with Gasteiger partial charge in [-0.1, -0.05) is 25.4 Å². The smallest absolute Gasteiger partial charge is 0.419 e. The molecule has 2 aromatic heterocycles. The Bertz CT molecular complexity index is 1350. The maximum atomic E-state index is 13.8. The normalized spacial score (nSPS) is 19.7. The fourth-order valence-corrected chi connectivity index (χ4v) is 5.14. The van der Waals surface area contributed by atoms with E-state index in [1.807, 2.05) is 13.8 Å². The summed E-state index contributed by atoms with van der Waals surface area (Å²) in [6.07, 6.45) is 0.693. The van der Waals surface area contributed by atoms with Crippen molar-refractivity contribution in [2.24, 2.45) is 11.7 Å². The number of nitrogens with two attached hydrogens (primary N) is 1. The number of nitrogens with one attached hydrogen (secondary N) is 2. The molecule has 0 radical (unpaired) electrons. The number of aromatic nitrogens is 4. The van der Waals surface area contributed by atoms with Crippen LogP contribution in [0.3, 0.4) is 0 Å². The number of anilines is 2. The van der Waals surface area contributed by atoms with Gasteiger partial charge in [-0.2, -0.15) is 13.2 Å². The van der Waals surface area contributed by atoms with Crippen molar-refractivity contribution in [2.75, 3.05) is 43.7 Å². The molecular formula is C30H39ClF3N7O3. The summed E-state index contributed by atoms with van der Waals surface area (Å²) in [6.45, 7) is 8.57. The zero-order chi connectivity index (χ0) is 31.7. The third kappa shape index (κ3) is 10.4. The molecular weight excluding hydrogens is 599 g/mol. The second kappa shape index (κ2) is 15.2. The van der Waals surface area contributed by atoms with E-state index in [4.69, 9.17) is 31.5 Å². The lowest BCUT2D eigenvalue weighted by Crippen LogP contribution is -2.43. The van der Waals surface area contributed by atoms with Gasteiger partial charge in [-0.05, 0) is 50.3 Å². The van der Waals surface area contributed by atoms with Gasteiger partial charge in [0.15, 0.2) is 0 Å². The van der Waals surface area contributed by atoms with Gasteiger partial charge in [0.1, 0.15) is 41.8 Å². The molecule has 44 heavy (non-hydrogen) atoms. The maximum absolute atomic E-state index is 13.8. The van der Waals surface area contributed by atoms with E-state index in [0.717, 1.165) is 37.9 Å². The maximum Gasteiger partial charge on any atom is 0.419 e. The summed E-state index contributed by atoms with van der Waals surface area (Å²) in [6, 6.07) is 7.76. The molecule has 2 saturated heterocycles. The summed E-state index contributed by atoms with van der Waals surface area (Å²) in [7, 11) is 0. The molecule has 14 heteroatoms. The Morgan fingerprint density at radius 3 is 2.11 bits per heavy atom. The average Bonchev–Trinajstić information content (AvgIpc) is 3.66. The molecule has 10 nitrogen and oxygen atoms in total. The molecule has 0 aliphatic carbocycles. The number of alkyl halides is 3. The Hall–Kier alpha value is -3.26. The Labute approximate surface area is 260 Å². The first-order valence-corrected chi connectivity index (χ1v) is 14.9. The molecule has 2 unspecified atom stereocenters. The van der Waals surface area contributed by atoms with E-state index in [0.29, 0.717) is 53.8 Å². The van der Waals surface area contributed by atoms with E-state index in [1.165, 1.54) is 18.7 Å². The molecule has 2 aliphatic rings. The molecule has 4 heterocycles. The molecule has 1 aromatic carbocycles. The number of halogens is 4. The van der Waals surface area contributed by atoms with Crippen molar-refractivity contribution in [3.05, 3.63) is 53.7 Å². The Morgan fingerprint density at radius 1 is 0.955 bits per heavy atom. The van der Waals surface area contributed by atoms with Crippen molar-refractivity contribution in [3.63, 3.8) is 0 Å². The number of rotatable bonds is 10. The first kappa shape index (κ1) is 33.6. The highest BCUT2D eigenvalue weighted by Gasteiger charge is 2.35. The van der Waals surface area contributed by atoms with Crippen LogP contribution < -0.4 is 21.1 Å². The zero-order valence-corrected chi connectivity index (χ0v) is 25.8. The van der Waals surface area contributed by atoms with Crippen molar-refractivity contribution in [1.29, 1.82) is 0 Å². The van der Waals surface area contributed by atoms with Gasteiger partial charge in [0.25, 0.3) is 0 Å².